The second-order valence-electron chi connectivity index (χ2n) is 6.09. The molecule has 2 nitrogen and oxygen atoms in total. The third-order valence-corrected chi connectivity index (χ3v) is 5.69. The van der Waals surface area contributed by atoms with Crippen molar-refractivity contribution in [2.24, 2.45) is 5.73 Å². The lowest BCUT2D eigenvalue weighted by molar-refractivity contribution is 0.303. The highest BCUT2D eigenvalue weighted by Gasteiger charge is 2.23. The Hall–Kier alpha value is -0.670. The van der Waals surface area contributed by atoms with Gasteiger partial charge in [0, 0.05) is 17.0 Å². The van der Waals surface area contributed by atoms with Gasteiger partial charge in [0.25, 0.3) is 0 Å². The van der Waals surface area contributed by atoms with E-state index in [-0.39, 0.29) is 6.04 Å². The summed E-state index contributed by atoms with van der Waals surface area (Å²) in [5.74, 6) is 2.02. The van der Waals surface area contributed by atoms with Crippen molar-refractivity contribution < 1.29 is 4.74 Å². The molecule has 2 fully saturated rings. The summed E-state index contributed by atoms with van der Waals surface area (Å²) in [6, 6.07) is 8.54. The highest BCUT2D eigenvalue weighted by Crippen LogP contribution is 2.31. The fourth-order valence-corrected chi connectivity index (χ4v) is 4.08. The number of thioether (sulfide) groups is 1. The van der Waals surface area contributed by atoms with E-state index >= 15 is 0 Å². The summed E-state index contributed by atoms with van der Waals surface area (Å²) in [7, 11) is 0. The van der Waals surface area contributed by atoms with Gasteiger partial charge in [0.15, 0.2) is 0 Å². The van der Waals surface area contributed by atoms with Crippen LogP contribution in [0, 0.1) is 0 Å². The summed E-state index contributed by atoms with van der Waals surface area (Å²) in [5, 5.41) is 0.840. The first kappa shape index (κ1) is 14.3. The second-order valence-corrected chi connectivity index (χ2v) is 7.42. The van der Waals surface area contributed by atoms with Crippen molar-refractivity contribution >= 4 is 11.8 Å². The zero-order valence-corrected chi connectivity index (χ0v) is 12.9. The van der Waals surface area contributed by atoms with Gasteiger partial charge in [-0.25, -0.2) is 0 Å². The molecule has 2 aliphatic rings. The van der Waals surface area contributed by atoms with Gasteiger partial charge in [-0.2, -0.15) is 11.8 Å². The third-order valence-electron chi connectivity index (χ3n) is 4.20. The molecule has 0 heterocycles. The predicted molar refractivity (Wildman–Crippen MR) is 86.4 cm³/mol. The Morgan fingerprint density at radius 2 is 1.75 bits per heavy atom. The maximum Gasteiger partial charge on any atom is 0.119 e. The SMILES string of the molecule is NC(CSC1CCCCC1)c1ccc(OC2CC2)cc1. The highest BCUT2D eigenvalue weighted by molar-refractivity contribution is 7.99. The molecule has 0 amide bonds. The summed E-state index contributed by atoms with van der Waals surface area (Å²) in [4.78, 5) is 0. The molecule has 2 saturated carbocycles. The molecule has 110 valence electrons. The lowest BCUT2D eigenvalue weighted by atomic mass is 10.0. The minimum Gasteiger partial charge on any atom is -0.490 e. The topological polar surface area (TPSA) is 35.2 Å². The number of rotatable bonds is 6. The summed E-state index contributed by atoms with van der Waals surface area (Å²) >= 11 is 2.07. The van der Waals surface area contributed by atoms with Crippen LogP contribution in [-0.2, 0) is 0 Å². The van der Waals surface area contributed by atoms with E-state index in [0.717, 1.165) is 16.8 Å². The molecule has 0 aromatic heterocycles. The van der Waals surface area contributed by atoms with Crippen LogP contribution < -0.4 is 10.5 Å². The number of nitrogens with two attached hydrogens (primary N) is 1. The largest absolute Gasteiger partial charge is 0.490 e. The van der Waals surface area contributed by atoms with Gasteiger partial charge >= 0.3 is 0 Å². The van der Waals surface area contributed by atoms with Gasteiger partial charge in [0.1, 0.15) is 5.75 Å². The Labute approximate surface area is 126 Å². The maximum atomic E-state index is 6.31. The van der Waals surface area contributed by atoms with Crippen LogP contribution in [0.4, 0.5) is 0 Å². The first-order valence-corrected chi connectivity index (χ1v) is 9.00. The molecule has 3 heteroatoms. The maximum absolute atomic E-state index is 6.31. The summed E-state index contributed by atoms with van der Waals surface area (Å²) in [5.41, 5.74) is 7.55. The Morgan fingerprint density at radius 3 is 2.40 bits per heavy atom. The molecule has 0 radical (unpaired) electrons. The van der Waals surface area contributed by atoms with Gasteiger partial charge in [-0.1, -0.05) is 31.4 Å². The molecule has 1 unspecified atom stereocenters. The van der Waals surface area contributed by atoms with Gasteiger partial charge < -0.3 is 10.5 Å². The molecular weight excluding hydrogens is 266 g/mol. The minimum atomic E-state index is 0.150. The van der Waals surface area contributed by atoms with Crippen molar-refractivity contribution in [1.82, 2.24) is 0 Å². The number of hydrogen-bond donors (Lipinski definition) is 1. The first-order chi connectivity index (χ1) is 9.81. The van der Waals surface area contributed by atoms with E-state index in [4.69, 9.17) is 10.5 Å². The van der Waals surface area contributed by atoms with Crippen LogP contribution in [-0.4, -0.2) is 17.1 Å². The zero-order valence-electron chi connectivity index (χ0n) is 12.1. The smallest absolute Gasteiger partial charge is 0.119 e. The van der Waals surface area contributed by atoms with Crippen molar-refractivity contribution in [1.29, 1.82) is 0 Å². The first-order valence-electron chi connectivity index (χ1n) is 7.95. The van der Waals surface area contributed by atoms with Crippen LogP contribution in [0.1, 0.15) is 56.6 Å². The molecule has 1 atom stereocenters. The molecule has 1 aromatic carbocycles. The van der Waals surface area contributed by atoms with E-state index in [0.29, 0.717) is 6.10 Å². The molecule has 0 bridgehead atoms. The fourth-order valence-electron chi connectivity index (χ4n) is 2.74. The van der Waals surface area contributed by atoms with Crippen molar-refractivity contribution in [2.45, 2.75) is 62.3 Å². The lowest BCUT2D eigenvalue weighted by Gasteiger charge is -2.22. The Bertz CT molecular complexity index is 410. The average molecular weight is 291 g/mol. The third kappa shape index (κ3) is 4.16. The standard InChI is InChI=1S/C17H25NOS/c18-17(12-20-16-4-2-1-3-5-16)13-6-8-14(9-7-13)19-15-10-11-15/h6-9,15-17H,1-5,10-12,18H2. The van der Waals surface area contributed by atoms with Crippen LogP contribution in [0.3, 0.4) is 0 Å². The molecule has 0 saturated heterocycles. The Balaban J connectivity index is 1.46. The summed E-state index contributed by atoms with van der Waals surface area (Å²) in [6.45, 7) is 0. The van der Waals surface area contributed by atoms with Crippen LogP contribution >= 0.6 is 11.8 Å². The van der Waals surface area contributed by atoms with Gasteiger partial charge in [0.05, 0.1) is 6.10 Å². The zero-order chi connectivity index (χ0) is 13.8. The Morgan fingerprint density at radius 1 is 1.05 bits per heavy atom. The molecule has 2 N–H and O–H groups in total. The van der Waals surface area contributed by atoms with E-state index in [1.54, 1.807) is 0 Å². The monoisotopic (exact) mass is 291 g/mol. The second kappa shape index (κ2) is 6.86. The molecule has 0 aliphatic heterocycles. The molecule has 0 spiro atoms. The van der Waals surface area contributed by atoms with E-state index in [1.165, 1.54) is 50.5 Å². The highest BCUT2D eigenvalue weighted by atomic mass is 32.2. The van der Waals surface area contributed by atoms with Crippen molar-refractivity contribution in [2.75, 3.05) is 5.75 Å². The molecular formula is C17H25NOS. The van der Waals surface area contributed by atoms with Crippen LogP contribution in [0.15, 0.2) is 24.3 Å². The molecule has 1 aromatic rings. The number of ether oxygens (including phenoxy) is 1. The average Bonchev–Trinajstić information content (AvgIpc) is 3.31. The van der Waals surface area contributed by atoms with Crippen LogP contribution in [0.2, 0.25) is 0 Å². The fraction of sp³-hybridized carbons (Fsp3) is 0.647. The normalized spacial score (nSPS) is 21.6. The molecule has 2 aliphatic carbocycles. The van der Waals surface area contributed by atoms with E-state index in [9.17, 15) is 0 Å². The van der Waals surface area contributed by atoms with Gasteiger partial charge in [-0.05, 0) is 43.4 Å². The summed E-state index contributed by atoms with van der Waals surface area (Å²) < 4.78 is 5.77. The predicted octanol–water partition coefficient (Wildman–Crippen LogP) is 4.29. The van der Waals surface area contributed by atoms with E-state index < -0.39 is 0 Å². The number of benzene rings is 1. The van der Waals surface area contributed by atoms with Crippen molar-refractivity contribution in [3.63, 3.8) is 0 Å². The molecule has 3 rings (SSSR count). The minimum absolute atomic E-state index is 0.150. The van der Waals surface area contributed by atoms with Gasteiger partial charge in [-0.3, -0.25) is 0 Å². The Kier molecular flexibility index (Phi) is 4.90. The quantitative estimate of drug-likeness (QED) is 0.849. The van der Waals surface area contributed by atoms with Gasteiger partial charge in [0.2, 0.25) is 0 Å². The van der Waals surface area contributed by atoms with Crippen molar-refractivity contribution in [3.8, 4) is 5.75 Å². The van der Waals surface area contributed by atoms with Gasteiger partial charge in [-0.15, -0.1) is 0 Å². The lowest BCUT2D eigenvalue weighted by Crippen LogP contribution is -2.17. The van der Waals surface area contributed by atoms with Crippen LogP contribution in [0.5, 0.6) is 5.75 Å². The molecule has 20 heavy (non-hydrogen) atoms. The van der Waals surface area contributed by atoms with Crippen molar-refractivity contribution in [3.05, 3.63) is 29.8 Å². The number of hydrogen-bond acceptors (Lipinski definition) is 3. The van der Waals surface area contributed by atoms with Crippen LogP contribution in [0.25, 0.3) is 0 Å². The van der Waals surface area contributed by atoms with E-state index in [2.05, 4.69) is 36.0 Å². The van der Waals surface area contributed by atoms with E-state index in [1.807, 2.05) is 0 Å². The summed E-state index contributed by atoms with van der Waals surface area (Å²) in [6.07, 6.45) is 9.87.